The molecule has 1 saturated carbocycles. The molecule has 0 aromatic heterocycles. The van der Waals surface area contributed by atoms with Crippen molar-refractivity contribution in [3.05, 3.63) is 0 Å². The van der Waals surface area contributed by atoms with Crippen LogP contribution in [-0.4, -0.2) is 23.7 Å². The van der Waals surface area contributed by atoms with E-state index in [2.05, 4.69) is 12.2 Å². The van der Waals surface area contributed by atoms with Gasteiger partial charge in [-0.15, -0.1) is 0 Å². The predicted molar refractivity (Wildman–Crippen MR) is 65.5 cm³/mol. The first-order chi connectivity index (χ1) is 7.58. The molecule has 0 spiro atoms. The molecular weight excluding hydrogens is 202 g/mol. The summed E-state index contributed by atoms with van der Waals surface area (Å²) >= 11 is 0. The van der Waals surface area contributed by atoms with Crippen molar-refractivity contribution in [2.75, 3.05) is 6.54 Å². The minimum absolute atomic E-state index is 0.0972. The van der Waals surface area contributed by atoms with E-state index in [1.54, 1.807) is 0 Å². The lowest BCUT2D eigenvalue weighted by molar-refractivity contribution is -0.137. The summed E-state index contributed by atoms with van der Waals surface area (Å²) in [5, 5.41) is 11.9. The van der Waals surface area contributed by atoms with Gasteiger partial charge in [0.05, 0.1) is 6.42 Å². The zero-order valence-corrected chi connectivity index (χ0v) is 10.5. The Morgan fingerprint density at radius 1 is 1.38 bits per heavy atom. The molecule has 1 rings (SSSR count). The Bertz CT molecular complexity index is 210. The van der Waals surface area contributed by atoms with Gasteiger partial charge in [-0.3, -0.25) is 4.79 Å². The van der Waals surface area contributed by atoms with Gasteiger partial charge in [0.25, 0.3) is 0 Å². The zero-order chi connectivity index (χ0) is 12.0. The third-order valence-corrected chi connectivity index (χ3v) is 3.66. The number of rotatable bonds is 6. The predicted octanol–water partition coefficient (Wildman–Crippen LogP) is 2.66. The van der Waals surface area contributed by atoms with Crippen molar-refractivity contribution in [2.24, 2.45) is 11.8 Å². The van der Waals surface area contributed by atoms with E-state index >= 15 is 0 Å². The standard InChI is InChI=1S/C13H25NO2/c1-10-3-5-12(6-4-10)7-8-14-11(2)9-13(15)16/h10-12,14H,3-9H2,1-2H3,(H,15,16). The largest absolute Gasteiger partial charge is 0.481 e. The molecule has 1 unspecified atom stereocenters. The highest BCUT2D eigenvalue weighted by molar-refractivity contribution is 5.67. The molecular formula is C13H25NO2. The summed E-state index contributed by atoms with van der Waals surface area (Å²) in [6.07, 6.45) is 6.88. The normalized spacial score (nSPS) is 27.6. The third-order valence-electron chi connectivity index (χ3n) is 3.66. The van der Waals surface area contributed by atoms with Crippen molar-refractivity contribution in [1.29, 1.82) is 0 Å². The lowest BCUT2D eigenvalue weighted by Crippen LogP contribution is -2.30. The fourth-order valence-corrected chi connectivity index (χ4v) is 2.49. The maximum atomic E-state index is 10.5. The molecule has 2 N–H and O–H groups in total. The van der Waals surface area contributed by atoms with Crippen molar-refractivity contribution in [3.63, 3.8) is 0 Å². The molecule has 1 fully saturated rings. The zero-order valence-electron chi connectivity index (χ0n) is 10.5. The Kier molecular flexibility index (Phi) is 5.81. The van der Waals surface area contributed by atoms with Crippen LogP contribution in [0.3, 0.4) is 0 Å². The summed E-state index contributed by atoms with van der Waals surface area (Å²) in [5.41, 5.74) is 0. The van der Waals surface area contributed by atoms with E-state index in [0.29, 0.717) is 0 Å². The van der Waals surface area contributed by atoms with E-state index < -0.39 is 5.97 Å². The summed E-state index contributed by atoms with van der Waals surface area (Å²) in [4.78, 5) is 10.5. The van der Waals surface area contributed by atoms with E-state index in [-0.39, 0.29) is 12.5 Å². The molecule has 1 atom stereocenters. The second-order valence-corrected chi connectivity index (χ2v) is 5.37. The van der Waals surface area contributed by atoms with Gasteiger partial charge in [0.1, 0.15) is 0 Å². The summed E-state index contributed by atoms with van der Waals surface area (Å²) in [5.74, 6) is 1.06. The topological polar surface area (TPSA) is 49.3 Å². The van der Waals surface area contributed by atoms with E-state index in [4.69, 9.17) is 5.11 Å². The average Bonchev–Trinajstić information content (AvgIpc) is 2.20. The first kappa shape index (κ1) is 13.5. The van der Waals surface area contributed by atoms with Crippen LogP contribution >= 0.6 is 0 Å². The lowest BCUT2D eigenvalue weighted by atomic mass is 9.81. The van der Waals surface area contributed by atoms with E-state index in [1.165, 1.54) is 32.1 Å². The highest BCUT2D eigenvalue weighted by Gasteiger charge is 2.17. The van der Waals surface area contributed by atoms with Gasteiger partial charge in [-0.25, -0.2) is 0 Å². The first-order valence-corrected chi connectivity index (χ1v) is 6.53. The van der Waals surface area contributed by atoms with E-state index in [0.717, 1.165) is 18.4 Å². The maximum Gasteiger partial charge on any atom is 0.304 e. The van der Waals surface area contributed by atoms with Crippen LogP contribution in [0.25, 0.3) is 0 Å². The van der Waals surface area contributed by atoms with Gasteiger partial charge in [0, 0.05) is 6.04 Å². The van der Waals surface area contributed by atoms with Gasteiger partial charge in [-0.05, 0) is 31.7 Å². The SMILES string of the molecule is CC1CCC(CCNC(C)CC(=O)O)CC1. The minimum atomic E-state index is -0.716. The van der Waals surface area contributed by atoms with Crippen LogP contribution in [0, 0.1) is 11.8 Å². The Balaban J connectivity index is 2.04. The van der Waals surface area contributed by atoms with Crippen LogP contribution in [0.5, 0.6) is 0 Å². The molecule has 0 radical (unpaired) electrons. The minimum Gasteiger partial charge on any atom is -0.481 e. The van der Waals surface area contributed by atoms with Crippen molar-refractivity contribution in [2.45, 2.75) is 58.4 Å². The Hall–Kier alpha value is -0.570. The molecule has 1 aliphatic carbocycles. The molecule has 0 saturated heterocycles. The van der Waals surface area contributed by atoms with Gasteiger partial charge in [0.2, 0.25) is 0 Å². The number of aliphatic carboxylic acids is 1. The molecule has 0 bridgehead atoms. The number of hydrogen-bond donors (Lipinski definition) is 2. The van der Waals surface area contributed by atoms with Gasteiger partial charge in [-0.1, -0.05) is 32.6 Å². The Morgan fingerprint density at radius 3 is 2.56 bits per heavy atom. The Labute approximate surface area is 98.6 Å². The highest BCUT2D eigenvalue weighted by Crippen LogP contribution is 2.29. The Morgan fingerprint density at radius 2 is 2.00 bits per heavy atom. The molecule has 16 heavy (non-hydrogen) atoms. The summed E-state index contributed by atoms with van der Waals surface area (Å²) in [7, 11) is 0. The monoisotopic (exact) mass is 227 g/mol. The number of carboxylic acid groups (broad SMARTS) is 1. The van der Waals surface area contributed by atoms with E-state index in [9.17, 15) is 4.79 Å². The number of hydrogen-bond acceptors (Lipinski definition) is 2. The summed E-state index contributed by atoms with van der Waals surface area (Å²) < 4.78 is 0. The highest BCUT2D eigenvalue weighted by atomic mass is 16.4. The van der Waals surface area contributed by atoms with E-state index in [1.807, 2.05) is 6.92 Å². The van der Waals surface area contributed by atoms with Crippen molar-refractivity contribution in [3.8, 4) is 0 Å². The fourth-order valence-electron chi connectivity index (χ4n) is 2.49. The smallest absolute Gasteiger partial charge is 0.304 e. The van der Waals surface area contributed by atoms with Crippen LogP contribution < -0.4 is 5.32 Å². The van der Waals surface area contributed by atoms with Crippen LogP contribution in [-0.2, 0) is 4.79 Å². The van der Waals surface area contributed by atoms with Gasteiger partial charge in [-0.2, -0.15) is 0 Å². The molecule has 0 amide bonds. The number of nitrogens with one attached hydrogen (secondary N) is 1. The fraction of sp³-hybridized carbons (Fsp3) is 0.923. The average molecular weight is 227 g/mol. The van der Waals surface area contributed by atoms with Crippen LogP contribution in [0.15, 0.2) is 0 Å². The molecule has 0 aliphatic heterocycles. The molecule has 3 heteroatoms. The third kappa shape index (κ3) is 5.50. The number of carboxylic acids is 1. The molecule has 3 nitrogen and oxygen atoms in total. The molecule has 1 aliphatic rings. The van der Waals surface area contributed by atoms with Gasteiger partial charge >= 0.3 is 5.97 Å². The quantitative estimate of drug-likeness (QED) is 0.733. The van der Waals surface area contributed by atoms with Crippen molar-refractivity contribution >= 4 is 5.97 Å². The first-order valence-electron chi connectivity index (χ1n) is 6.53. The van der Waals surface area contributed by atoms with Crippen LogP contribution in [0.1, 0.15) is 52.4 Å². The second kappa shape index (κ2) is 6.89. The summed E-state index contributed by atoms with van der Waals surface area (Å²) in [6.45, 7) is 5.24. The maximum absolute atomic E-state index is 10.5. The van der Waals surface area contributed by atoms with Crippen LogP contribution in [0.4, 0.5) is 0 Å². The molecule has 0 aromatic carbocycles. The molecule has 0 aromatic rings. The number of carbonyl (C=O) groups is 1. The van der Waals surface area contributed by atoms with Gasteiger partial charge < -0.3 is 10.4 Å². The van der Waals surface area contributed by atoms with Crippen molar-refractivity contribution < 1.29 is 9.90 Å². The summed E-state index contributed by atoms with van der Waals surface area (Å²) in [6, 6.07) is 0.0972. The van der Waals surface area contributed by atoms with Crippen LogP contribution in [0.2, 0.25) is 0 Å². The molecule has 0 heterocycles. The molecule has 94 valence electrons. The lowest BCUT2D eigenvalue weighted by Gasteiger charge is -2.26. The second-order valence-electron chi connectivity index (χ2n) is 5.37. The van der Waals surface area contributed by atoms with Crippen molar-refractivity contribution in [1.82, 2.24) is 5.32 Å². The van der Waals surface area contributed by atoms with Gasteiger partial charge in [0.15, 0.2) is 0 Å².